The number of rotatable bonds is 3. The van der Waals surface area contributed by atoms with Gasteiger partial charge in [-0.15, -0.1) is 0 Å². The van der Waals surface area contributed by atoms with E-state index in [1.165, 1.54) is 6.92 Å². The van der Waals surface area contributed by atoms with Crippen LogP contribution in [0.4, 0.5) is 0 Å². The zero-order chi connectivity index (χ0) is 7.44. The maximum Gasteiger partial charge on any atom is 0.150 e. The monoisotopic (exact) mass is 194 g/mol. The molecule has 0 aromatic heterocycles. The molecule has 0 saturated carbocycles. The van der Waals surface area contributed by atoms with E-state index in [2.05, 4.69) is 15.9 Å². The van der Waals surface area contributed by atoms with Gasteiger partial charge in [0.25, 0.3) is 0 Å². The lowest BCUT2D eigenvalue weighted by Gasteiger charge is -2.05. The molecular weight excluding hydrogens is 188 g/mol. The quantitative estimate of drug-likeness (QED) is 0.505. The smallest absolute Gasteiger partial charge is 0.150 e. The van der Waals surface area contributed by atoms with Gasteiger partial charge in [-0.25, -0.2) is 0 Å². The topological polar surface area (TPSA) is 54.4 Å². The molecule has 3 nitrogen and oxygen atoms in total. The molecule has 4 heteroatoms. The lowest BCUT2D eigenvalue weighted by molar-refractivity contribution is -0.123. The highest BCUT2D eigenvalue weighted by atomic mass is 79.9. The van der Waals surface area contributed by atoms with Gasteiger partial charge in [0.05, 0.1) is 0 Å². The highest BCUT2D eigenvalue weighted by Crippen LogP contribution is 2.04. The van der Waals surface area contributed by atoms with Crippen LogP contribution in [-0.4, -0.2) is 28.1 Å². The van der Waals surface area contributed by atoms with Crippen LogP contribution in [0.15, 0.2) is 0 Å². The number of halogens is 1. The van der Waals surface area contributed by atoms with Crippen LogP contribution >= 0.6 is 15.9 Å². The third kappa shape index (κ3) is 2.72. The first-order chi connectivity index (χ1) is 4.09. The van der Waals surface area contributed by atoms with Crippen LogP contribution in [0.2, 0.25) is 0 Å². The predicted octanol–water partition coefficient (Wildman–Crippen LogP) is -0.101. The first-order valence-corrected chi connectivity index (χ1v) is 3.29. The van der Waals surface area contributed by atoms with Crippen molar-refractivity contribution in [2.24, 2.45) is 0 Å². The summed E-state index contributed by atoms with van der Waals surface area (Å²) in [4.78, 5) is 19.4. The Bertz CT molecular complexity index is 123. The Balaban J connectivity index is 3.86. The zero-order valence-electron chi connectivity index (χ0n) is 4.87. The summed E-state index contributed by atoms with van der Waals surface area (Å²) in [5.41, 5.74) is 0. The molecule has 0 fully saturated rings. The number of ketones is 1. The Hall–Kier alpha value is -0.220. The third-order valence-electron chi connectivity index (χ3n) is 0.828. The van der Waals surface area contributed by atoms with Crippen LogP contribution in [0.5, 0.6) is 0 Å². The van der Waals surface area contributed by atoms with Crippen molar-refractivity contribution in [1.29, 1.82) is 0 Å². The molecule has 0 aliphatic heterocycles. The van der Waals surface area contributed by atoms with Crippen molar-refractivity contribution in [2.75, 3.05) is 0 Å². The van der Waals surface area contributed by atoms with Crippen LogP contribution < -0.4 is 0 Å². The summed E-state index contributed by atoms with van der Waals surface area (Å²) >= 11 is 2.84. The molecule has 52 valence electrons. The lowest BCUT2D eigenvalue weighted by Crippen LogP contribution is -2.27. The molecule has 0 aromatic rings. The fourth-order valence-electron chi connectivity index (χ4n) is 0.309. The van der Waals surface area contributed by atoms with Gasteiger partial charge in [-0.3, -0.25) is 4.79 Å². The van der Waals surface area contributed by atoms with E-state index in [9.17, 15) is 9.59 Å². The van der Waals surface area contributed by atoms with Crippen molar-refractivity contribution < 1.29 is 14.7 Å². The third-order valence-corrected chi connectivity index (χ3v) is 2.01. The molecule has 0 spiro atoms. The lowest BCUT2D eigenvalue weighted by atomic mass is 10.2. The first kappa shape index (κ1) is 8.78. The first-order valence-electron chi connectivity index (χ1n) is 2.37. The maximum atomic E-state index is 10.4. The van der Waals surface area contributed by atoms with E-state index >= 15 is 0 Å². The summed E-state index contributed by atoms with van der Waals surface area (Å²) in [7, 11) is 0. The van der Waals surface area contributed by atoms with E-state index in [1.807, 2.05) is 0 Å². The standard InChI is InChI=1S/C5H7BrO3/c1-3(8)5(6)4(9)2-7/h2,4-5,9H,1H3. The van der Waals surface area contributed by atoms with Crippen molar-refractivity contribution in [3.8, 4) is 0 Å². The molecule has 9 heavy (non-hydrogen) atoms. The Morgan fingerprint density at radius 2 is 2.22 bits per heavy atom. The summed E-state index contributed by atoms with van der Waals surface area (Å²) in [6, 6.07) is 0. The molecule has 0 rings (SSSR count). The van der Waals surface area contributed by atoms with Crippen LogP contribution in [0, 0.1) is 0 Å². The molecule has 0 aliphatic carbocycles. The number of hydrogen-bond donors (Lipinski definition) is 1. The van der Waals surface area contributed by atoms with Gasteiger partial charge in [-0.05, 0) is 6.92 Å². The summed E-state index contributed by atoms with van der Waals surface area (Å²) in [5.74, 6) is -0.255. The molecule has 2 atom stereocenters. The van der Waals surface area contributed by atoms with Crippen molar-refractivity contribution in [2.45, 2.75) is 17.9 Å². The Labute approximate surface area is 61.2 Å². The predicted molar refractivity (Wildman–Crippen MR) is 35.5 cm³/mol. The van der Waals surface area contributed by atoms with Crippen LogP contribution in [0.25, 0.3) is 0 Å². The Morgan fingerprint density at radius 1 is 1.78 bits per heavy atom. The van der Waals surface area contributed by atoms with E-state index in [-0.39, 0.29) is 5.78 Å². The van der Waals surface area contributed by atoms with Crippen LogP contribution in [-0.2, 0) is 9.59 Å². The minimum atomic E-state index is -1.22. The zero-order valence-corrected chi connectivity index (χ0v) is 6.46. The van der Waals surface area contributed by atoms with Gasteiger partial charge < -0.3 is 9.90 Å². The average Bonchev–Trinajstić information content (AvgIpc) is 1.84. The molecule has 0 bridgehead atoms. The van der Waals surface area contributed by atoms with Crippen molar-refractivity contribution in [3.63, 3.8) is 0 Å². The van der Waals surface area contributed by atoms with Crippen molar-refractivity contribution >= 4 is 28.0 Å². The van der Waals surface area contributed by atoms with E-state index in [0.29, 0.717) is 6.29 Å². The van der Waals surface area contributed by atoms with E-state index in [1.54, 1.807) is 0 Å². The molecule has 0 heterocycles. The average molecular weight is 195 g/mol. The summed E-state index contributed by atoms with van der Waals surface area (Å²) < 4.78 is 0. The maximum absolute atomic E-state index is 10.4. The number of alkyl halides is 1. The van der Waals surface area contributed by atoms with Crippen molar-refractivity contribution in [1.82, 2.24) is 0 Å². The van der Waals surface area contributed by atoms with Crippen LogP contribution in [0.3, 0.4) is 0 Å². The second kappa shape index (κ2) is 3.74. The number of carbonyl (C=O) groups is 2. The minimum Gasteiger partial charge on any atom is -0.384 e. The van der Waals surface area contributed by atoms with Gasteiger partial charge in [0, 0.05) is 0 Å². The van der Waals surface area contributed by atoms with E-state index in [4.69, 9.17) is 5.11 Å². The van der Waals surface area contributed by atoms with Gasteiger partial charge in [-0.1, -0.05) is 15.9 Å². The fraction of sp³-hybridized carbons (Fsp3) is 0.600. The summed E-state index contributed by atoms with van der Waals surface area (Å²) in [5, 5.41) is 8.66. The Kier molecular flexibility index (Phi) is 3.65. The minimum absolute atomic E-state index is 0.255. The summed E-state index contributed by atoms with van der Waals surface area (Å²) in [6.45, 7) is 1.30. The van der Waals surface area contributed by atoms with Crippen LogP contribution in [0.1, 0.15) is 6.92 Å². The van der Waals surface area contributed by atoms with Gasteiger partial charge in [0.1, 0.15) is 23.0 Å². The number of carbonyl (C=O) groups excluding carboxylic acids is 2. The molecular formula is C5H7BrO3. The number of aliphatic hydroxyl groups excluding tert-OH is 1. The highest BCUT2D eigenvalue weighted by Gasteiger charge is 2.18. The van der Waals surface area contributed by atoms with Gasteiger partial charge in [-0.2, -0.15) is 0 Å². The number of aldehydes is 1. The number of hydrogen-bond acceptors (Lipinski definition) is 3. The van der Waals surface area contributed by atoms with Gasteiger partial charge >= 0.3 is 0 Å². The molecule has 0 aliphatic rings. The molecule has 0 amide bonds. The van der Waals surface area contributed by atoms with Gasteiger partial charge in [0.15, 0.2) is 0 Å². The largest absolute Gasteiger partial charge is 0.384 e. The normalized spacial score (nSPS) is 16.3. The summed E-state index contributed by atoms with van der Waals surface area (Å²) in [6.07, 6.45) is -0.900. The highest BCUT2D eigenvalue weighted by molar-refractivity contribution is 9.10. The Morgan fingerprint density at radius 3 is 2.33 bits per heavy atom. The number of aliphatic hydroxyl groups is 1. The second-order valence-electron chi connectivity index (χ2n) is 1.64. The molecule has 0 radical (unpaired) electrons. The van der Waals surface area contributed by atoms with E-state index < -0.39 is 10.9 Å². The fourth-order valence-corrected chi connectivity index (χ4v) is 0.434. The molecule has 0 saturated heterocycles. The second-order valence-corrected chi connectivity index (χ2v) is 2.63. The van der Waals surface area contributed by atoms with E-state index in [0.717, 1.165) is 0 Å². The molecule has 1 N–H and O–H groups in total. The number of Topliss-reactive ketones (excluding diaryl/α,β-unsaturated/α-hetero) is 1. The molecule has 0 aromatic carbocycles. The molecule has 2 unspecified atom stereocenters. The van der Waals surface area contributed by atoms with Crippen molar-refractivity contribution in [3.05, 3.63) is 0 Å². The SMILES string of the molecule is CC(=O)C(Br)C(O)C=O. The van der Waals surface area contributed by atoms with Gasteiger partial charge in [0.2, 0.25) is 0 Å².